The highest BCUT2D eigenvalue weighted by molar-refractivity contribution is 9.11. The van der Waals surface area contributed by atoms with Crippen LogP contribution in [0.3, 0.4) is 0 Å². The largest absolute Gasteiger partial charge is 0.479 e. The Morgan fingerprint density at radius 1 is 1.53 bits per heavy atom. The van der Waals surface area contributed by atoms with Crippen LogP contribution in [0, 0.1) is 0 Å². The average Bonchev–Trinajstić information content (AvgIpc) is 2.30. The Balaban J connectivity index is 2.82. The molecule has 1 rings (SSSR count). The molecule has 0 saturated carbocycles. The van der Waals surface area contributed by atoms with Crippen LogP contribution >= 0.6 is 31.9 Å². The fourth-order valence-corrected chi connectivity index (χ4v) is 2.46. The van der Waals surface area contributed by atoms with Crippen LogP contribution in [-0.4, -0.2) is 12.0 Å². The first-order valence-electron chi connectivity index (χ1n) is 5.20. The number of amides is 1. The summed E-state index contributed by atoms with van der Waals surface area (Å²) in [5.74, 6) is 5.42. The standard InChI is InChI=1S/C11H14Br2N2O2/c1-2-3-10(11(16)15-14)17-9-5-4-7(12)6-8(9)13/h4-6,10H,2-3,14H2,1H3,(H,15,16). The van der Waals surface area contributed by atoms with Gasteiger partial charge in [-0.15, -0.1) is 0 Å². The van der Waals surface area contributed by atoms with Gasteiger partial charge in [0, 0.05) is 4.47 Å². The Morgan fingerprint density at radius 2 is 2.24 bits per heavy atom. The molecular formula is C11H14Br2N2O2. The maximum Gasteiger partial charge on any atom is 0.274 e. The Morgan fingerprint density at radius 3 is 2.76 bits per heavy atom. The maximum absolute atomic E-state index is 11.5. The van der Waals surface area contributed by atoms with Crippen molar-refractivity contribution in [3.8, 4) is 5.75 Å². The first-order valence-corrected chi connectivity index (χ1v) is 6.79. The number of hydrogen-bond acceptors (Lipinski definition) is 3. The molecule has 1 unspecified atom stereocenters. The number of carbonyl (C=O) groups is 1. The van der Waals surface area contributed by atoms with Gasteiger partial charge in [0.1, 0.15) is 5.75 Å². The number of benzene rings is 1. The summed E-state index contributed by atoms with van der Waals surface area (Å²) < 4.78 is 7.36. The lowest BCUT2D eigenvalue weighted by atomic mass is 10.2. The van der Waals surface area contributed by atoms with E-state index in [1.807, 2.05) is 19.1 Å². The molecule has 0 aromatic heterocycles. The quantitative estimate of drug-likeness (QED) is 0.479. The van der Waals surface area contributed by atoms with Crippen LogP contribution in [-0.2, 0) is 4.79 Å². The van der Waals surface area contributed by atoms with Crippen molar-refractivity contribution >= 4 is 37.8 Å². The molecule has 0 saturated heterocycles. The molecule has 4 nitrogen and oxygen atoms in total. The minimum absolute atomic E-state index is 0.318. The normalized spacial score (nSPS) is 12.0. The molecular weight excluding hydrogens is 352 g/mol. The predicted molar refractivity (Wildman–Crippen MR) is 73.5 cm³/mol. The van der Waals surface area contributed by atoms with Crippen molar-refractivity contribution in [1.29, 1.82) is 0 Å². The molecule has 1 aromatic carbocycles. The van der Waals surface area contributed by atoms with Gasteiger partial charge < -0.3 is 4.74 Å². The van der Waals surface area contributed by atoms with Gasteiger partial charge >= 0.3 is 0 Å². The van der Waals surface area contributed by atoms with E-state index in [4.69, 9.17) is 10.6 Å². The molecule has 0 bridgehead atoms. The van der Waals surface area contributed by atoms with Crippen LogP contribution in [0.15, 0.2) is 27.1 Å². The summed E-state index contributed by atoms with van der Waals surface area (Å²) in [7, 11) is 0. The lowest BCUT2D eigenvalue weighted by Crippen LogP contribution is -2.42. The highest BCUT2D eigenvalue weighted by atomic mass is 79.9. The highest BCUT2D eigenvalue weighted by Crippen LogP contribution is 2.29. The van der Waals surface area contributed by atoms with Gasteiger partial charge in [-0.2, -0.15) is 0 Å². The number of hydrogen-bond donors (Lipinski definition) is 2. The number of nitrogens with one attached hydrogen (secondary N) is 1. The fraction of sp³-hybridized carbons (Fsp3) is 0.364. The SMILES string of the molecule is CCCC(Oc1ccc(Br)cc1Br)C(=O)NN. The molecule has 0 radical (unpaired) electrons. The highest BCUT2D eigenvalue weighted by Gasteiger charge is 2.19. The molecule has 0 aliphatic rings. The van der Waals surface area contributed by atoms with Crippen molar-refractivity contribution in [1.82, 2.24) is 5.43 Å². The molecule has 0 spiro atoms. The fourth-order valence-electron chi connectivity index (χ4n) is 1.32. The van der Waals surface area contributed by atoms with E-state index in [0.29, 0.717) is 12.2 Å². The van der Waals surface area contributed by atoms with Crippen LogP contribution in [0.5, 0.6) is 5.75 Å². The molecule has 0 aliphatic heterocycles. The number of hydrazine groups is 1. The maximum atomic E-state index is 11.5. The van der Waals surface area contributed by atoms with E-state index >= 15 is 0 Å². The summed E-state index contributed by atoms with van der Waals surface area (Å²) in [6.45, 7) is 1.98. The van der Waals surface area contributed by atoms with E-state index in [-0.39, 0.29) is 5.91 Å². The monoisotopic (exact) mass is 364 g/mol. The lowest BCUT2D eigenvalue weighted by molar-refractivity contribution is -0.128. The predicted octanol–water partition coefficient (Wildman–Crippen LogP) is 2.75. The summed E-state index contributed by atoms with van der Waals surface area (Å²) in [5.41, 5.74) is 2.11. The summed E-state index contributed by atoms with van der Waals surface area (Å²) >= 11 is 6.73. The zero-order valence-electron chi connectivity index (χ0n) is 9.37. The van der Waals surface area contributed by atoms with E-state index in [1.54, 1.807) is 6.07 Å². The second kappa shape index (κ2) is 6.98. The summed E-state index contributed by atoms with van der Waals surface area (Å²) in [6, 6.07) is 5.50. The van der Waals surface area contributed by atoms with Gasteiger partial charge in [0.2, 0.25) is 0 Å². The molecule has 1 amide bonds. The first kappa shape index (κ1) is 14.5. The van der Waals surface area contributed by atoms with Crippen LogP contribution in [0.25, 0.3) is 0 Å². The Labute approximate surface area is 117 Å². The van der Waals surface area contributed by atoms with E-state index in [9.17, 15) is 4.79 Å². The van der Waals surface area contributed by atoms with Crippen LogP contribution in [0.4, 0.5) is 0 Å². The second-order valence-corrected chi connectivity index (χ2v) is 5.25. The third-order valence-electron chi connectivity index (χ3n) is 2.15. The third-order valence-corrected chi connectivity index (χ3v) is 3.26. The van der Waals surface area contributed by atoms with Gasteiger partial charge in [0.25, 0.3) is 5.91 Å². The molecule has 1 aromatic rings. The van der Waals surface area contributed by atoms with Crippen molar-refractivity contribution < 1.29 is 9.53 Å². The summed E-state index contributed by atoms with van der Waals surface area (Å²) in [5, 5.41) is 0. The van der Waals surface area contributed by atoms with Crippen molar-refractivity contribution in [2.24, 2.45) is 5.84 Å². The van der Waals surface area contributed by atoms with Gasteiger partial charge in [0.05, 0.1) is 4.47 Å². The van der Waals surface area contributed by atoms with E-state index in [2.05, 4.69) is 37.3 Å². The van der Waals surface area contributed by atoms with Gasteiger partial charge in [-0.05, 0) is 40.5 Å². The lowest BCUT2D eigenvalue weighted by Gasteiger charge is -2.17. The van der Waals surface area contributed by atoms with Gasteiger partial charge in [-0.25, -0.2) is 5.84 Å². The number of ether oxygens (including phenoxy) is 1. The second-order valence-electron chi connectivity index (χ2n) is 3.48. The Bertz CT molecular complexity index is 399. The van der Waals surface area contributed by atoms with Crippen LogP contribution < -0.4 is 16.0 Å². The minimum Gasteiger partial charge on any atom is -0.479 e. The van der Waals surface area contributed by atoms with Crippen LogP contribution in [0.1, 0.15) is 19.8 Å². The van der Waals surface area contributed by atoms with Crippen LogP contribution in [0.2, 0.25) is 0 Å². The van der Waals surface area contributed by atoms with Gasteiger partial charge in [-0.3, -0.25) is 10.2 Å². The topological polar surface area (TPSA) is 64.3 Å². The van der Waals surface area contributed by atoms with Crippen molar-refractivity contribution in [3.05, 3.63) is 27.1 Å². The molecule has 0 aliphatic carbocycles. The zero-order chi connectivity index (χ0) is 12.8. The minimum atomic E-state index is -0.567. The van der Waals surface area contributed by atoms with Crippen molar-refractivity contribution in [3.63, 3.8) is 0 Å². The van der Waals surface area contributed by atoms with Crippen molar-refractivity contribution in [2.45, 2.75) is 25.9 Å². The van der Waals surface area contributed by atoms with Gasteiger partial charge in [-0.1, -0.05) is 29.3 Å². The zero-order valence-corrected chi connectivity index (χ0v) is 12.5. The molecule has 17 heavy (non-hydrogen) atoms. The third kappa shape index (κ3) is 4.29. The molecule has 1 atom stereocenters. The molecule has 3 N–H and O–H groups in total. The summed E-state index contributed by atoms with van der Waals surface area (Å²) in [6.07, 6.45) is 0.889. The molecule has 0 fully saturated rings. The molecule has 0 heterocycles. The van der Waals surface area contributed by atoms with Gasteiger partial charge in [0.15, 0.2) is 6.10 Å². The Kier molecular flexibility index (Phi) is 5.94. The van der Waals surface area contributed by atoms with E-state index < -0.39 is 6.10 Å². The number of rotatable bonds is 5. The number of carbonyl (C=O) groups excluding carboxylic acids is 1. The number of nitrogens with two attached hydrogens (primary N) is 1. The first-order chi connectivity index (χ1) is 8.08. The molecule has 94 valence electrons. The molecule has 6 heteroatoms. The number of halogens is 2. The average molecular weight is 366 g/mol. The summed E-state index contributed by atoms with van der Waals surface area (Å²) in [4.78, 5) is 11.5. The smallest absolute Gasteiger partial charge is 0.274 e. The van der Waals surface area contributed by atoms with Crippen molar-refractivity contribution in [2.75, 3.05) is 0 Å². The van der Waals surface area contributed by atoms with E-state index in [0.717, 1.165) is 15.4 Å². The van der Waals surface area contributed by atoms with E-state index in [1.165, 1.54) is 0 Å². The Hall–Kier alpha value is -0.590.